The Labute approximate surface area is 126 Å². The fraction of sp³-hybridized carbons (Fsp3) is 0.231. The Morgan fingerprint density at radius 2 is 1.78 bits per heavy atom. The average molecular weight is 321 g/mol. The zero-order valence-corrected chi connectivity index (χ0v) is 12.8. The van der Waals surface area contributed by atoms with Gasteiger partial charge in [-0.05, 0) is 42.4 Å². The summed E-state index contributed by atoms with van der Waals surface area (Å²) in [6.07, 6.45) is 0. The highest BCUT2D eigenvalue weighted by Gasteiger charge is 2.16. The van der Waals surface area contributed by atoms with Gasteiger partial charge in [0.25, 0.3) is 0 Å². The first kappa shape index (κ1) is 14.2. The molecule has 0 aliphatic heterocycles. The van der Waals surface area contributed by atoms with Gasteiger partial charge in [-0.1, -0.05) is 41.7 Å². The zero-order chi connectivity index (χ0) is 13.1. The van der Waals surface area contributed by atoms with Crippen LogP contribution in [0.25, 0.3) is 0 Å². The Bertz CT molecular complexity index is 519. The van der Waals surface area contributed by atoms with Gasteiger partial charge >= 0.3 is 0 Å². The van der Waals surface area contributed by atoms with Crippen LogP contribution in [0.2, 0.25) is 14.4 Å². The predicted molar refractivity (Wildman–Crippen MR) is 81.3 cm³/mol. The number of nitrogens with one attached hydrogen (secondary N) is 1. The molecule has 2 rings (SSSR count). The van der Waals surface area contributed by atoms with E-state index in [2.05, 4.69) is 12.2 Å². The molecule has 0 spiro atoms. The van der Waals surface area contributed by atoms with Crippen molar-refractivity contribution >= 4 is 46.1 Å². The van der Waals surface area contributed by atoms with Crippen molar-refractivity contribution in [1.82, 2.24) is 5.32 Å². The van der Waals surface area contributed by atoms with Gasteiger partial charge in [0.15, 0.2) is 0 Å². The minimum atomic E-state index is 0.0729. The van der Waals surface area contributed by atoms with Gasteiger partial charge in [0.1, 0.15) is 0 Å². The topological polar surface area (TPSA) is 12.0 Å². The van der Waals surface area contributed by atoms with Crippen molar-refractivity contribution in [2.24, 2.45) is 0 Å². The molecule has 5 heteroatoms. The van der Waals surface area contributed by atoms with Crippen molar-refractivity contribution in [3.63, 3.8) is 0 Å². The molecule has 18 heavy (non-hydrogen) atoms. The van der Waals surface area contributed by atoms with Crippen molar-refractivity contribution in [2.75, 3.05) is 6.54 Å². The highest BCUT2D eigenvalue weighted by Crippen LogP contribution is 2.33. The van der Waals surface area contributed by atoms with E-state index in [0.717, 1.165) is 21.3 Å². The summed E-state index contributed by atoms with van der Waals surface area (Å²) in [6.45, 7) is 2.92. The van der Waals surface area contributed by atoms with Gasteiger partial charge in [-0.3, -0.25) is 0 Å². The molecule has 1 aromatic carbocycles. The maximum absolute atomic E-state index is 6.05. The van der Waals surface area contributed by atoms with Gasteiger partial charge in [0.05, 0.1) is 10.4 Å². The van der Waals surface area contributed by atoms with Gasteiger partial charge in [-0.2, -0.15) is 0 Å². The maximum Gasteiger partial charge on any atom is 0.0931 e. The summed E-state index contributed by atoms with van der Waals surface area (Å²) in [5, 5.41) is 4.70. The van der Waals surface area contributed by atoms with Crippen LogP contribution in [0.5, 0.6) is 0 Å². The normalized spacial score (nSPS) is 12.7. The molecule has 1 heterocycles. The van der Waals surface area contributed by atoms with Crippen LogP contribution in [-0.2, 0) is 0 Å². The maximum atomic E-state index is 6.05. The first-order chi connectivity index (χ1) is 8.60. The molecule has 96 valence electrons. The molecule has 0 saturated carbocycles. The Balaban J connectivity index is 2.40. The monoisotopic (exact) mass is 319 g/mol. The van der Waals surface area contributed by atoms with E-state index >= 15 is 0 Å². The van der Waals surface area contributed by atoms with Crippen LogP contribution in [0.3, 0.4) is 0 Å². The van der Waals surface area contributed by atoms with E-state index in [1.54, 1.807) is 17.4 Å². The standard InChI is InChI=1S/C13H12Cl3NS/c1-2-17-13(11-3-4-12(16)18-11)8-5-9(14)7-10(15)6-8/h3-7,13,17H,2H2,1H3. The average Bonchev–Trinajstić information content (AvgIpc) is 2.71. The quantitative estimate of drug-likeness (QED) is 0.794. The van der Waals surface area contributed by atoms with Crippen LogP contribution in [0.1, 0.15) is 23.4 Å². The molecule has 0 aliphatic carbocycles. The van der Waals surface area contributed by atoms with Gasteiger partial charge in [-0.25, -0.2) is 0 Å². The Hall–Kier alpha value is -0.250. The summed E-state index contributed by atoms with van der Waals surface area (Å²) in [5.41, 5.74) is 1.05. The van der Waals surface area contributed by atoms with Crippen molar-refractivity contribution in [3.05, 3.63) is 55.2 Å². The summed E-state index contributed by atoms with van der Waals surface area (Å²) in [7, 11) is 0. The van der Waals surface area contributed by atoms with Gasteiger partial charge in [-0.15, -0.1) is 11.3 Å². The van der Waals surface area contributed by atoms with Crippen LogP contribution in [-0.4, -0.2) is 6.54 Å². The third-order valence-electron chi connectivity index (χ3n) is 2.50. The summed E-state index contributed by atoms with van der Waals surface area (Å²) in [5.74, 6) is 0. The van der Waals surface area contributed by atoms with Crippen LogP contribution in [0.4, 0.5) is 0 Å². The van der Waals surface area contributed by atoms with Gasteiger partial charge in [0, 0.05) is 14.9 Å². The first-order valence-corrected chi connectivity index (χ1v) is 7.50. The smallest absolute Gasteiger partial charge is 0.0931 e. The van der Waals surface area contributed by atoms with Crippen molar-refractivity contribution < 1.29 is 0 Å². The van der Waals surface area contributed by atoms with E-state index in [1.165, 1.54) is 0 Å². The lowest BCUT2D eigenvalue weighted by Crippen LogP contribution is -2.21. The Morgan fingerprint density at radius 1 is 1.11 bits per heavy atom. The third-order valence-corrected chi connectivity index (χ3v) is 4.24. The number of rotatable bonds is 4. The highest BCUT2D eigenvalue weighted by atomic mass is 35.5. The van der Waals surface area contributed by atoms with Crippen molar-refractivity contribution in [1.29, 1.82) is 0 Å². The molecule has 0 fully saturated rings. The minimum Gasteiger partial charge on any atom is -0.306 e. The molecule has 0 aliphatic rings. The van der Waals surface area contributed by atoms with Crippen LogP contribution >= 0.6 is 46.1 Å². The van der Waals surface area contributed by atoms with Gasteiger partial charge in [0.2, 0.25) is 0 Å². The Morgan fingerprint density at radius 3 is 2.28 bits per heavy atom. The van der Waals surface area contributed by atoms with Crippen molar-refractivity contribution in [2.45, 2.75) is 13.0 Å². The third kappa shape index (κ3) is 3.40. The molecule has 1 N–H and O–H groups in total. The van der Waals surface area contributed by atoms with E-state index in [1.807, 2.05) is 24.3 Å². The lowest BCUT2D eigenvalue weighted by molar-refractivity contribution is 0.640. The molecule has 0 saturated heterocycles. The largest absolute Gasteiger partial charge is 0.306 e. The fourth-order valence-electron chi connectivity index (χ4n) is 1.81. The first-order valence-electron chi connectivity index (χ1n) is 5.54. The van der Waals surface area contributed by atoms with E-state index < -0.39 is 0 Å². The summed E-state index contributed by atoms with van der Waals surface area (Å²) >= 11 is 19.7. The number of hydrogen-bond donors (Lipinski definition) is 1. The van der Waals surface area contributed by atoms with Crippen LogP contribution in [0.15, 0.2) is 30.3 Å². The molecule has 1 atom stereocenters. The molecule has 0 bridgehead atoms. The lowest BCUT2D eigenvalue weighted by Gasteiger charge is -2.17. The minimum absolute atomic E-state index is 0.0729. The predicted octanol–water partition coefficient (Wildman–Crippen LogP) is 5.41. The van der Waals surface area contributed by atoms with E-state index in [4.69, 9.17) is 34.8 Å². The lowest BCUT2D eigenvalue weighted by atomic mass is 10.1. The SMILES string of the molecule is CCNC(c1cc(Cl)cc(Cl)c1)c1ccc(Cl)s1. The number of hydrogen-bond acceptors (Lipinski definition) is 2. The van der Waals surface area contributed by atoms with E-state index in [0.29, 0.717) is 10.0 Å². The second kappa shape index (κ2) is 6.27. The molecule has 0 amide bonds. The van der Waals surface area contributed by atoms with Crippen LogP contribution < -0.4 is 5.32 Å². The molecular formula is C13H12Cl3NS. The molecule has 2 aromatic rings. The van der Waals surface area contributed by atoms with E-state index in [9.17, 15) is 0 Å². The molecule has 1 aromatic heterocycles. The summed E-state index contributed by atoms with van der Waals surface area (Å²) in [4.78, 5) is 1.15. The number of benzene rings is 1. The molecule has 0 radical (unpaired) electrons. The molecular weight excluding hydrogens is 309 g/mol. The highest BCUT2D eigenvalue weighted by molar-refractivity contribution is 7.16. The number of thiophene rings is 1. The second-order valence-electron chi connectivity index (χ2n) is 3.84. The van der Waals surface area contributed by atoms with Crippen LogP contribution in [0, 0.1) is 0 Å². The molecule has 1 nitrogen and oxygen atoms in total. The second-order valence-corrected chi connectivity index (χ2v) is 6.45. The summed E-state index contributed by atoms with van der Waals surface area (Å²) < 4.78 is 0.779. The summed E-state index contributed by atoms with van der Waals surface area (Å²) in [6, 6.07) is 9.58. The molecule has 1 unspecified atom stereocenters. The fourth-order valence-corrected chi connectivity index (χ4v) is 3.52. The zero-order valence-electron chi connectivity index (χ0n) is 9.71. The van der Waals surface area contributed by atoms with E-state index in [-0.39, 0.29) is 6.04 Å². The Kier molecular flexibility index (Phi) is 4.93. The van der Waals surface area contributed by atoms with Gasteiger partial charge < -0.3 is 5.32 Å². The van der Waals surface area contributed by atoms with Crippen molar-refractivity contribution in [3.8, 4) is 0 Å². The number of halogens is 3.